The van der Waals surface area contributed by atoms with E-state index in [1.807, 2.05) is 0 Å². The van der Waals surface area contributed by atoms with Gasteiger partial charge in [-0.3, -0.25) is 4.99 Å². The minimum atomic E-state index is -4.32. The zero-order valence-electron chi connectivity index (χ0n) is 14.3. The molecular formula is C18H21F3IN3O. The quantitative estimate of drug-likeness (QED) is 0.297. The average molecular weight is 479 g/mol. The molecule has 2 fully saturated rings. The van der Waals surface area contributed by atoms with Gasteiger partial charge in [0.2, 0.25) is 0 Å². The Balaban J connectivity index is 0.00000243. The van der Waals surface area contributed by atoms with Crippen molar-refractivity contribution in [1.29, 1.82) is 0 Å². The van der Waals surface area contributed by atoms with E-state index in [9.17, 15) is 13.2 Å². The highest BCUT2D eigenvalue weighted by Crippen LogP contribution is 2.34. The third kappa shape index (κ3) is 5.27. The van der Waals surface area contributed by atoms with E-state index in [4.69, 9.17) is 4.74 Å². The van der Waals surface area contributed by atoms with Gasteiger partial charge in [-0.25, -0.2) is 0 Å². The van der Waals surface area contributed by atoms with E-state index in [-0.39, 0.29) is 36.1 Å². The molecule has 0 radical (unpaired) electrons. The maximum absolute atomic E-state index is 12.5. The summed E-state index contributed by atoms with van der Waals surface area (Å²) in [6, 6.07) is 5.08. The molecule has 2 aliphatic heterocycles. The first-order valence-corrected chi connectivity index (χ1v) is 8.24. The van der Waals surface area contributed by atoms with Gasteiger partial charge < -0.3 is 15.4 Å². The van der Waals surface area contributed by atoms with Crippen molar-refractivity contribution in [3.8, 4) is 11.8 Å². The molecule has 0 spiro atoms. The van der Waals surface area contributed by atoms with Crippen LogP contribution in [0.5, 0.6) is 0 Å². The van der Waals surface area contributed by atoms with Crippen LogP contribution in [0, 0.1) is 11.8 Å². The van der Waals surface area contributed by atoms with E-state index in [2.05, 4.69) is 27.5 Å². The Kier molecular flexibility index (Phi) is 7.17. The number of nitrogens with zero attached hydrogens (tertiary/aromatic N) is 1. The number of fused-ring (bicyclic) bond motifs is 2. The number of hydrogen-bond acceptors (Lipinski definition) is 2. The fraction of sp³-hybridized carbons (Fsp3) is 0.500. The fourth-order valence-electron chi connectivity index (χ4n) is 3.18. The molecular weight excluding hydrogens is 458 g/mol. The number of halogens is 4. The molecule has 3 unspecified atom stereocenters. The molecule has 3 rings (SSSR count). The minimum absolute atomic E-state index is 0. The van der Waals surface area contributed by atoms with E-state index in [0.29, 0.717) is 24.2 Å². The zero-order chi connectivity index (χ0) is 17.9. The summed E-state index contributed by atoms with van der Waals surface area (Å²) in [7, 11) is 1.69. The second kappa shape index (κ2) is 8.95. The van der Waals surface area contributed by atoms with Crippen molar-refractivity contribution in [1.82, 2.24) is 10.6 Å². The first-order valence-electron chi connectivity index (χ1n) is 8.24. The molecule has 1 aromatic rings. The van der Waals surface area contributed by atoms with Crippen LogP contribution in [-0.4, -0.2) is 37.8 Å². The predicted molar refractivity (Wildman–Crippen MR) is 105 cm³/mol. The number of aliphatic imine (C=N–C) groups is 1. The highest BCUT2D eigenvalue weighted by atomic mass is 127. The first-order chi connectivity index (χ1) is 12.0. The van der Waals surface area contributed by atoms with E-state index in [1.54, 1.807) is 7.05 Å². The summed E-state index contributed by atoms with van der Waals surface area (Å²) in [5.41, 5.74) is -0.131. The molecule has 2 heterocycles. The summed E-state index contributed by atoms with van der Waals surface area (Å²) in [6.07, 6.45) is -0.514. The Morgan fingerprint density at radius 1 is 1.27 bits per heavy atom. The molecule has 0 amide bonds. The van der Waals surface area contributed by atoms with Gasteiger partial charge in [0.1, 0.15) is 0 Å². The van der Waals surface area contributed by atoms with Crippen LogP contribution in [0.2, 0.25) is 0 Å². The SMILES string of the molecule is CN=C(NCC#Cc1ccc(C(F)(F)F)cc1)NC1CC2CCC1O2.I. The largest absolute Gasteiger partial charge is 0.416 e. The second-order valence-corrected chi connectivity index (χ2v) is 6.16. The number of guanidine groups is 1. The van der Waals surface area contributed by atoms with Gasteiger partial charge in [-0.05, 0) is 43.5 Å². The monoisotopic (exact) mass is 479 g/mol. The van der Waals surface area contributed by atoms with Crippen molar-refractivity contribution < 1.29 is 17.9 Å². The molecule has 2 aliphatic rings. The molecule has 26 heavy (non-hydrogen) atoms. The van der Waals surface area contributed by atoms with Crippen molar-refractivity contribution >= 4 is 29.9 Å². The number of alkyl halides is 3. The third-order valence-corrected chi connectivity index (χ3v) is 4.44. The summed E-state index contributed by atoms with van der Waals surface area (Å²) < 4.78 is 43.3. The summed E-state index contributed by atoms with van der Waals surface area (Å²) in [6.45, 7) is 0.350. The van der Waals surface area contributed by atoms with Crippen molar-refractivity contribution in [2.45, 2.75) is 43.7 Å². The van der Waals surface area contributed by atoms with Gasteiger partial charge in [0.25, 0.3) is 0 Å². The van der Waals surface area contributed by atoms with Crippen LogP contribution in [0.3, 0.4) is 0 Å². The maximum atomic E-state index is 12.5. The molecule has 0 aromatic heterocycles. The number of nitrogens with one attached hydrogen (secondary N) is 2. The molecule has 142 valence electrons. The van der Waals surface area contributed by atoms with Crippen LogP contribution < -0.4 is 10.6 Å². The van der Waals surface area contributed by atoms with Gasteiger partial charge in [-0.2, -0.15) is 13.2 Å². The lowest BCUT2D eigenvalue weighted by Crippen LogP contribution is -2.47. The van der Waals surface area contributed by atoms with Crippen molar-refractivity contribution in [2.75, 3.05) is 13.6 Å². The van der Waals surface area contributed by atoms with Crippen molar-refractivity contribution in [3.05, 3.63) is 35.4 Å². The third-order valence-electron chi connectivity index (χ3n) is 4.44. The van der Waals surface area contributed by atoms with Gasteiger partial charge in [0.15, 0.2) is 5.96 Å². The topological polar surface area (TPSA) is 45.7 Å². The lowest BCUT2D eigenvalue weighted by Gasteiger charge is -2.22. The van der Waals surface area contributed by atoms with Gasteiger partial charge in [-0.15, -0.1) is 24.0 Å². The van der Waals surface area contributed by atoms with E-state index in [0.717, 1.165) is 31.4 Å². The minimum Gasteiger partial charge on any atom is -0.373 e. The predicted octanol–water partition coefficient (Wildman–Crippen LogP) is 3.16. The van der Waals surface area contributed by atoms with Gasteiger partial charge in [0, 0.05) is 12.6 Å². The molecule has 0 aliphatic carbocycles. The van der Waals surface area contributed by atoms with Gasteiger partial charge in [-0.1, -0.05) is 11.8 Å². The summed E-state index contributed by atoms with van der Waals surface area (Å²) >= 11 is 0. The molecule has 2 saturated heterocycles. The highest BCUT2D eigenvalue weighted by Gasteiger charge is 2.41. The van der Waals surface area contributed by atoms with Crippen LogP contribution >= 0.6 is 24.0 Å². The van der Waals surface area contributed by atoms with Crippen molar-refractivity contribution in [2.24, 2.45) is 4.99 Å². The Bertz CT molecular complexity index is 694. The molecule has 4 nitrogen and oxygen atoms in total. The van der Waals surface area contributed by atoms with Crippen LogP contribution in [0.25, 0.3) is 0 Å². The molecule has 8 heteroatoms. The van der Waals surface area contributed by atoms with Crippen LogP contribution in [0.4, 0.5) is 13.2 Å². The standard InChI is InChI=1S/C18H20F3N3O.HI/c1-22-17(24-15-11-14-8-9-16(15)25-14)23-10-2-3-12-4-6-13(7-5-12)18(19,20)21;/h4-7,14-16H,8-11H2,1H3,(H2,22,23,24);1H. The number of rotatable bonds is 2. The highest BCUT2D eigenvalue weighted by molar-refractivity contribution is 14.0. The number of benzene rings is 1. The second-order valence-electron chi connectivity index (χ2n) is 6.16. The normalized spacial score (nSPS) is 24.5. The smallest absolute Gasteiger partial charge is 0.373 e. The summed E-state index contributed by atoms with van der Waals surface area (Å²) in [5.74, 6) is 6.38. The van der Waals surface area contributed by atoms with Gasteiger partial charge in [0.05, 0.1) is 30.4 Å². The van der Waals surface area contributed by atoms with Crippen LogP contribution in [-0.2, 0) is 10.9 Å². The Morgan fingerprint density at radius 3 is 2.54 bits per heavy atom. The molecule has 2 N–H and O–H groups in total. The van der Waals surface area contributed by atoms with E-state index < -0.39 is 11.7 Å². The molecule has 2 bridgehead atoms. The number of ether oxygens (including phenoxy) is 1. The Hall–Kier alpha value is -1.47. The van der Waals surface area contributed by atoms with Crippen LogP contribution in [0.15, 0.2) is 29.3 Å². The average Bonchev–Trinajstić information content (AvgIpc) is 3.20. The lowest BCUT2D eigenvalue weighted by molar-refractivity contribution is -0.137. The summed E-state index contributed by atoms with van der Waals surface area (Å²) in [5, 5.41) is 6.43. The van der Waals surface area contributed by atoms with Gasteiger partial charge >= 0.3 is 6.18 Å². The Labute approximate surface area is 168 Å². The maximum Gasteiger partial charge on any atom is 0.416 e. The van der Waals surface area contributed by atoms with Crippen LogP contribution in [0.1, 0.15) is 30.4 Å². The summed E-state index contributed by atoms with van der Waals surface area (Å²) in [4.78, 5) is 4.16. The molecule has 1 aromatic carbocycles. The first kappa shape index (κ1) is 20.8. The molecule has 0 saturated carbocycles. The zero-order valence-corrected chi connectivity index (χ0v) is 16.6. The number of hydrogen-bond donors (Lipinski definition) is 2. The van der Waals surface area contributed by atoms with E-state index in [1.165, 1.54) is 12.1 Å². The molecule has 3 atom stereocenters. The Morgan fingerprint density at radius 2 is 2.00 bits per heavy atom. The fourth-order valence-corrected chi connectivity index (χ4v) is 3.18. The lowest BCUT2D eigenvalue weighted by atomic mass is 9.96. The van der Waals surface area contributed by atoms with E-state index >= 15 is 0 Å². The van der Waals surface area contributed by atoms with Crippen molar-refractivity contribution in [3.63, 3.8) is 0 Å².